The second kappa shape index (κ2) is 4.29. The van der Waals surface area contributed by atoms with E-state index < -0.39 is 11.6 Å². The highest BCUT2D eigenvalue weighted by atomic mass is 19.1. The van der Waals surface area contributed by atoms with Gasteiger partial charge in [-0.1, -0.05) is 12.1 Å². The first kappa shape index (κ1) is 11.2. The zero-order chi connectivity index (χ0) is 12.4. The van der Waals surface area contributed by atoms with Crippen LogP contribution in [0.4, 0.5) is 20.2 Å². The normalized spacial score (nSPS) is 10.2. The highest BCUT2D eigenvalue weighted by Crippen LogP contribution is 2.31. The molecule has 3 nitrogen and oxygen atoms in total. The Hall–Kier alpha value is -2.30. The van der Waals surface area contributed by atoms with Crippen LogP contribution >= 0.6 is 0 Å². The number of hydrogen-bond donors (Lipinski definition) is 2. The summed E-state index contributed by atoms with van der Waals surface area (Å²) in [5.41, 5.74) is 10.7. The van der Waals surface area contributed by atoms with E-state index in [1.54, 1.807) is 6.07 Å². The molecule has 0 spiro atoms. The summed E-state index contributed by atoms with van der Waals surface area (Å²) in [4.78, 5) is 0. The Morgan fingerprint density at radius 2 is 1.59 bits per heavy atom. The molecular weight excluding hydrogens is 226 g/mol. The lowest BCUT2D eigenvalue weighted by Gasteiger charge is -2.09. The van der Waals surface area contributed by atoms with Gasteiger partial charge in [-0.2, -0.15) is 0 Å². The second-order valence-electron chi connectivity index (χ2n) is 3.41. The molecule has 0 bridgehead atoms. The Morgan fingerprint density at radius 1 is 0.882 bits per heavy atom. The number of nitrogen functional groups attached to an aromatic ring is 2. The first-order chi connectivity index (χ1) is 8.09. The Kier molecular flexibility index (Phi) is 2.82. The van der Waals surface area contributed by atoms with E-state index in [1.807, 2.05) is 0 Å². The minimum Gasteiger partial charge on any atom is -0.451 e. The second-order valence-corrected chi connectivity index (χ2v) is 3.41. The van der Waals surface area contributed by atoms with Gasteiger partial charge in [0.1, 0.15) is 0 Å². The van der Waals surface area contributed by atoms with Crippen molar-refractivity contribution in [3.8, 4) is 11.5 Å². The molecule has 2 aromatic carbocycles. The summed E-state index contributed by atoms with van der Waals surface area (Å²) in [6, 6.07) is 8.39. The van der Waals surface area contributed by atoms with Gasteiger partial charge in [-0.3, -0.25) is 0 Å². The van der Waals surface area contributed by atoms with Gasteiger partial charge < -0.3 is 16.2 Å². The Balaban J connectivity index is 2.38. The van der Waals surface area contributed by atoms with Crippen LogP contribution in [-0.2, 0) is 0 Å². The molecule has 2 rings (SSSR count). The standard InChI is InChI=1S/C12H10F2N2O/c13-7-3-1-2-4-9(7)17-10-6-5-8(15)12(16)11(10)14/h1-6H,15-16H2. The predicted molar refractivity (Wildman–Crippen MR) is 61.7 cm³/mol. The maximum Gasteiger partial charge on any atom is 0.190 e. The van der Waals surface area contributed by atoms with E-state index in [4.69, 9.17) is 16.2 Å². The van der Waals surface area contributed by atoms with Gasteiger partial charge in [0.05, 0.1) is 11.4 Å². The molecule has 2 aromatic rings. The quantitative estimate of drug-likeness (QED) is 0.788. The third-order valence-corrected chi connectivity index (χ3v) is 2.23. The number of hydrogen-bond acceptors (Lipinski definition) is 3. The van der Waals surface area contributed by atoms with Crippen molar-refractivity contribution in [2.75, 3.05) is 11.5 Å². The van der Waals surface area contributed by atoms with Crippen LogP contribution in [0, 0.1) is 11.6 Å². The monoisotopic (exact) mass is 236 g/mol. The zero-order valence-corrected chi connectivity index (χ0v) is 8.78. The molecule has 0 saturated carbocycles. The van der Waals surface area contributed by atoms with Crippen LogP contribution in [0.25, 0.3) is 0 Å². The maximum absolute atomic E-state index is 13.6. The summed E-state index contributed by atoms with van der Waals surface area (Å²) in [5.74, 6) is -1.62. The van der Waals surface area contributed by atoms with Crippen molar-refractivity contribution in [1.82, 2.24) is 0 Å². The van der Waals surface area contributed by atoms with Gasteiger partial charge >= 0.3 is 0 Å². The van der Waals surface area contributed by atoms with Crippen molar-refractivity contribution >= 4 is 11.4 Å². The van der Waals surface area contributed by atoms with E-state index in [1.165, 1.54) is 30.3 Å². The molecule has 0 aliphatic rings. The number of ether oxygens (including phenoxy) is 1. The fourth-order valence-electron chi connectivity index (χ4n) is 1.31. The lowest BCUT2D eigenvalue weighted by Crippen LogP contribution is -2.00. The van der Waals surface area contributed by atoms with Gasteiger partial charge in [0.15, 0.2) is 23.1 Å². The third kappa shape index (κ3) is 2.13. The number of para-hydroxylation sites is 1. The van der Waals surface area contributed by atoms with Gasteiger partial charge in [0, 0.05) is 0 Å². The van der Waals surface area contributed by atoms with E-state index in [0.717, 1.165) is 0 Å². The van der Waals surface area contributed by atoms with Crippen LogP contribution in [-0.4, -0.2) is 0 Å². The summed E-state index contributed by atoms with van der Waals surface area (Å²) < 4.78 is 32.0. The lowest BCUT2D eigenvalue weighted by atomic mass is 10.2. The van der Waals surface area contributed by atoms with Crippen LogP contribution in [0.1, 0.15) is 0 Å². The number of halogens is 2. The molecule has 0 aliphatic carbocycles. The van der Waals surface area contributed by atoms with Gasteiger partial charge in [-0.15, -0.1) is 0 Å². The van der Waals surface area contributed by atoms with Gasteiger partial charge in [0.2, 0.25) is 0 Å². The zero-order valence-electron chi connectivity index (χ0n) is 8.78. The molecule has 0 unspecified atom stereocenters. The van der Waals surface area contributed by atoms with E-state index >= 15 is 0 Å². The molecule has 0 atom stereocenters. The highest BCUT2D eigenvalue weighted by molar-refractivity contribution is 5.66. The summed E-state index contributed by atoms with van der Waals surface area (Å²) >= 11 is 0. The van der Waals surface area contributed by atoms with E-state index in [-0.39, 0.29) is 22.9 Å². The molecule has 4 N–H and O–H groups in total. The van der Waals surface area contributed by atoms with E-state index in [2.05, 4.69) is 0 Å². The molecule has 17 heavy (non-hydrogen) atoms. The third-order valence-electron chi connectivity index (χ3n) is 2.23. The molecule has 0 aliphatic heterocycles. The Labute approximate surface area is 96.6 Å². The van der Waals surface area contributed by atoms with Crippen molar-refractivity contribution in [3.63, 3.8) is 0 Å². The minimum atomic E-state index is -0.798. The highest BCUT2D eigenvalue weighted by Gasteiger charge is 2.12. The first-order valence-corrected chi connectivity index (χ1v) is 4.85. The largest absolute Gasteiger partial charge is 0.451 e. The molecule has 0 saturated heterocycles. The number of anilines is 2. The average molecular weight is 236 g/mol. The average Bonchev–Trinajstić information content (AvgIpc) is 2.32. The van der Waals surface area contributed by atoms with Gasteiger partial charge in [0.25, 0.3) is 0 Å². The van der Waals surface area contributed by atoms with Crippen LogP contribution in [0.15, 0.2) is 36.4 Å². The van der Waals surface area contributed by atoms with Crippen molar-refractivity contribution in [1.29, 1.82) is 0 Å². The molecule has 0 amide bonds. The summed E-state index contributed by atoms with van der Waals surface area (Å²) in [6.45, 7) is 0. The van der Waals surface area contributed by atoms with Crippen LogP contribution in [0.3, 0.4) is 0 Å². The van der Waals surface area contributed by atoms with Crippen molar-refractivity contribution in [2.45, 2.75) is 0 Å². The molecule has 5 heteroatoms. The maximum atomic E-state index is 13.6. The Bertz CT molecular complexity index is 558. The van der Waals surface area contributed by atoms with Crippen LogP contribution < -0.4 is 16.2 Å². The van der Waals surface area contributed by atoms with Crippen molar-refractivity contribution in [3.05, 3.63) is 48.0 Å². The number of benzene rings is 2. The van der Waals surface area contributed by atoms with Crippen molar-refractivity contribution in [2.24, 2.45) is 0 Å². The molecular formula is C12H10F2N2O. The lowest BCUT2D eigenvalue weighted by molar-refractivity contribution is 0.416. The fourth-order valence-corrected chi connectivity index (χ4v) is 1.31. The predicted octanol–water partition coefficient (Wildman–Crippen LogP) is 2.92. The topological polar surface area (TPSA) is 61.3 Å². The van der Waals surface area contributed by atoms with E-state index in [9.17, 15) is 8.78 Å². The van der Waals surface area contributed by atoms with E-state index in [0.29, 0.717) is 0 Å². The smallest absolute Gasteiger partial charge is 0.190 e. The number of nitrogens with two attached hydrogens (primary N) is 2. The molecule has 0 heterocycles. The number of rotatable bonds is 2. The summed E-state index contributed by atoms with van der Waals surface area (Å²) in [6.07, 6.45) is 0. The van der Waals surface area contributed by atoms with Crippen LogP contribution in [0.5, 0.6) is 11.5 Å². The molecule has 0 radical (unpaired) electrons. The summed E-state index contributed by atoms with van der Waals surface area (Å²) in [7, 11) is 0. The fraction of sp³-hybridized carbons (Fsp3) is 0. The molecule has 0 aromatic heterocycles. The van der Waals surface area contributed by atoms with Crippen molar-refractivity contribution < 1.29 is 13.5 Å². The Morgan fingerprint density at radius 3 is 2.29 bits per heavy atom. The summed E-state index contributed by atoms with van der Waals surface area (Å²) in [5, 5.41) is 0. The van der Waals surface area contributed by atoms with Gasteiger partial charge in [-0.05, 0) is 24.3 Å². The first-order valence-electron chi connectivity index (χ1n) is 4.85. The minimum absolute atomic E-state index is 0.0735. The molecule has 0 fully saturated rings. The van der Waals surface area contributed by atoms with Gasteiger partial charge in [-0.25, -0.2) is 8.78 Å². The SMILES string of the molecule is Nc1ccc(Oc2ccccc2F)c(F)c1N. The molecule has 88 valence electrons. The van der Waals surface area contributed by atoms with Crippen LogP contribution in [0.2, 0.25) is 0 Å².